The number of fused-ring (bicyclic) bond motifs is 1. The zero-order valence-electron chi connectivity index (χ0n) is 17.7. The first kappa shape index (κ1) is 22.9. The van der Waals surface area contributed by atoms with Crippen molar-refractivity contribution in [2.24, 2.45) is 0 Å². The second-order valence-electron chi connectivity index (χ2n) is 8.47. The van der Waals surface area contributed by atoms with Gasteiger partial charge in [0, 0.05) is 12.0 Å². The van der Waals surface area contributed by atoms with Gasteiger partial charge in [-0.1, -0.05) is 44.7 Å². The van der Waals surface area contributed by atoms with Crippen LogP contribution >= 0.6 is 23.1 Å². The summed E-state index contributed by atoms with van der Waals surface area (Å²) in [5.74, 6) is 0. The van der Waals surface area contributed by atoms with E-state index in [4.69, 9.17) is 18.9 Å². The van der Waals surface area contributed by atoms with E-state index in [1.165, 1.54) is 18.9 Å². The van der Waals surface area contributed by atoms with E-state index in [1.807, 2.05) is 30.3 Å². The molecule has 160 valence electrons. The molecule has 0 fully saturated rings. The highest BCUT2D eigenvalue weighted by molar-refractivity contribution is 8.04. The number of methoxy groups -OCH3 is 1. The van der Waals surface area contributed by atoms with Crippen LogP contribution < -0.4 is 0 Å². The number of thioether (sulfide) groups is 1. The Labute approximate surface area is 181 Å². The summed E-state index contributed by atoms with van der Waals surface area (Å²) in [7, 11) is -0.501. The summed E-state index contributed by atoms with van der Waals surface area (Å²) in [5, 5.41) is 10.7. The van der Waals surface area contributed by atoms with E-state index in [1.54, 1.807) is 11.3 Å². The quantitative estimate of drug-likeness (QED) is 0.359. The Balaban J connectivity index is 1.70. The number of thiazole rings is 1. The van der Waals surface area contributed by atoms with Crippen molar-refractivity contribution in [2.45, 2.75) is 61.7 Å². The number of hydrogen-bond acceptors (Lipinski definition) is 8. The summed E-state index contributed by atoms with van der Waals surface area (Å²) in [6.45, 7) is 10.9. The number of benzene rings is 1. The van der Waals surface area contributed by atoms with E-state index < -0.39 is 20.7 Å². The van der Waals surface area contributed by atoms with Crippen molar-refractivity contribution in [1.29, 1.82) is 0 Å². The number of aliphatic hydroxyl groups excluding tert-OH is 1. The maximum Gasteiger partial charge on any atom is 0.238 e. The SMILES string of the molecule is CO[C@@H]1O[C@@H](COO[Si](C)(C)C(C)(C)C)C=C(Sc2nc3ccccc3s2)[C@H]1O. The maximum atomic E-state index is 10.6. The van der Waals surface area contributed by atoms with Crippen molar-refractivity contribution in [2.75, 3.05) is 13.7 Å². The fourth-order valence-electron chi connectivity index (χ4n) is 2.44. The lowest BCUT2D eigenvalue weighted by Crippen LogP contribution is -2.43. The average molecular weight is 456 g/mol. The minimum atomic E-state index is -2.02. The van der Waals surface area contributed by atoms with Gasteiger partial charge in [-0.25, -0.2) is 9.87 Å². The minimum absolute atomic E-state index is 0.0510. The molecule has 0 unspecified atom stereocenters. The Bertz CT molecular complexity index is 831. The van der Waals surface area contributed by atoms with Crippen LogP contribution in [-0.4, -0.2) is 50.6 Å². The number of nitrogens with zero attached hydrogens (tertiary/aromatic N) is 1. The molecule has 1 aromatic carbocycles. The number of ether oxygens (including phenoxy) is 2. The smallest absolute Gasteiger partial charge is 0.238 e. The molecule has 0 saturated carbocycles. The van der Waals surface area contributed by atoms with Gasteiger partial charge in [-0.2, -0.15) is 0 Å². The summed E-state index contributed by atoms with van der Waals surface area (Å²) in [4.78, 5) is 10.9. The van der Waals surface area contributed by atoms with Crippen molar-refractivity contribution >= 4 is 41.6 Å². The Kier molecular flexibility index (Phi) is 7.22. The zero-order valence-corrected chi connectivity index (χ0v) is 20.3. The molecule has 0 bridgehead atoms. The Hall–Kier alpha value is -0.783. The van der Waals surface area contributed by atoms with E-state index in [2.05, 4.69) is 38.8 Å². The van der Waals surface area contributed by atoms with Crippen molar-refractivity contribution in [3.63, 3.8) is 0 Å². The number of aromatic nitrogens is 1. The van der Waals surface area contributed by atoms with E-state index in [0.717, 1.165) is 19.5 Å². The van der Waals surface area contributed by atoms with Crippen LogP contribution in [-0.2, 0) is 18.9 Å². The maximum absolute atomic E-state index is 10.6. The molecule has 2 heterocycles. The fourth-order valence-corrected chi connectivity index (χ4v) is 5.27. The van der Waals surface area contributed by atoms with Gasteiger partial charge in [-0.05, 0) is 36.3 Å². The third-order valence-corrected chi connectivity index (χ3v) is 11.6. The number of para-hydroxylation sites is 1. The molecule has 1 aromatic heterocycles. The molecule has 3 atom stereocenters. The van der Waals surface area contributed by atoms with Gasteiger partial charge in [-0.15, -0.1) is 11.3 Å². The minimum Gasteiger partial charge on any atom is -0.383 e. The van der Waals surface area contributed by atoms with E-state index in [-0.39, 0.29) is 17.7 Å². The van der Waals surface area contributed by atoms with E-state index in [9.17, 15) is 5.11 Å². The molecule has 6 nitrogen and oxygen atoms in total. The predicted octanol–water partition coefficient (Wildman–Crippen LogP) is 4.96. The molecule has 1 aliphatic rings. The number of aliphatic hydroxyl groups is 1. The third-order valence-electron chi connectivity index (χ3n) is 5.23. The second kappa shape index (κ2) is 9.15. The standard InChI is InChI=1S/C20H29NO5S2Si/c1-20(2,3)29(5,6)26-24-12-13-11-16(17(22)18(23-4)25-13)28-19-21-14-9-7-8-10-15(14)27-19/h7-11,13,17-18,22H,12H2,1-6H3/t13-,17-,18-/m1/s1. The highest BCUT2D eigenvalue weighted by Crippen LogP contribution is 2.39. The van der Waals surface area contributed by atoms with Gasteiger partial charge in [0.2, 0.25) is 8.32 Å². The van der Waals surface area contributed by atoms with Gasteiger partial charge in [0.05, 0.1) is 10.2 Å². The molecule has 3 rings (SSSR count). The molecule has 0 radical (unpaired) electrons. The van der Waals surface area contributed by atoms with E-state index >= 15 is 0 Å². The number of rotatable bonds is 7. The summed E-state index contributed by atoms with van der Waals surface area (Å²) in [5.41, 5.74) is 0.952. The monoisotopic (exact) mass is 455 g/mol. The van der Waals surface area contributed by atoms with Crippen LogP contribution in [0, 0.1) is 0 Å². The van der Waals surface area contributed by atoms with Gasteiger partial charge in [0.1, 0.15) is 18.8 Å². The molecule has 29 heavy (non-hydrogen) atoms. The van der Waals surface area contributed by atoms with E-state index in [0.29, 0.717) is 0 Å². The van der Waals surface area contributed by atoms with Gasteiger partial charge in [0.15, 0.2) is 10.6 Å². The first-order valence-electron chi connectivity index (χ1n) is 9.53. The number of hydrogen-bond donors (Lipinski definition) is 1. The Morgan fingerprint density at radius 1 is 1.28 bits per heavy atom. The Morgan fingerprint density at radius 3 is 2.66 bits per heavy atom. The molecule has 0 saturated heterocycles. The van der Waals surface area contributed by atoms with Crippen molar-refractivity contribution in [1.82, 2.24) is 4.98 Å². The summed E-state index contributed by atoms with van der Waals surface area (Å²) >= 11 is 3.03. The molecule has 0 aliphatic carbocycles. The highest BCUT2D eigenvalue weighted by atomic mass is 32.2. The summed E-state index contributed by atoms with van der Waals surface area (Å²) in [6, 6.07) is 7.99. The average Bonchev–Trinajstić information content (AvgIpc) is 3.05. The second-order valence-corrected chi connectivity index (χ2v) is 15.5. The lowest BCUT2D eigenvalue weighted by Gasteiger charge is -2.35. The van der Waals surface area contributed by atoms with Crippen LogP contribution in [0.1, 0.15) is 20.8 Å². The van der Waals surface area contributed by atoms with Crippen molar-refractivity contribution < 1.29 is 24.0 Å². The molecule has 0 spiro atoms. The van der Waals surface area contributed by atoms with Crippen molar-refractivity contribution in [3.8, 4) is 0 Å². The molecule has 1 N–H and O–H groups in total. The van der Waals surface area contributed by atoms with Crippen LogP contribution in [0.25, 0.3) is 10.2 Å². The molecule has 9 heteroatoms. The molecule has 1 aliphatic heterocycles. The molecule has 0 amide bonds. The zero-order chi connectivity index (χ0) is 21.2. The molecular weight excluding hydrogens is 426 g/mol. The van der Waals surface area contributed by atoms with Gasteiger partial charge >= 0.3 is 0 Å². The topological polar surface area (TPSA) is 70.0 Å². The Morgan fingerprint density at radius 2 is 2.00 bits per heavy atom. The van der Waals surface area contributed by atoms with Crippen LogP contribution in [0.4, 0.5) is 0 Å². The van der Waals surface area contributed by atoms with Crippen LogP contribution in [0.5, 0.6) is 0 Å². The summed E-state index contributed by atoms with van der Waals surface area (Å²) < 4.78 is 18.9. The third kappa shape index (κ3) is 5.48. The van der Waals surface area contributed by atoms with Gasteiger partial charge < -0.3 is 14.6 Å². The fraction of sp³-hybridized carbons (Fsp3) is 0.550. The van der Waals surface area contributed by atoms with Crippen molar-refractivity contribution in [3.05, 3.63) is 35.2 Å². The lowest BCUT2D eigenvalue weighted by atomic mass is 10.2. The lowest BCUT2D eigenvalue weighted by molar-refractivity contribution is -0.261. The van der Waals surface area contributed by atoms with Crippen LogP contribution in [0.15, 0.2) is 39.6 Å². The van der Waals surface area contributed by atoms with Gasteiger partial charge in [-0.3, -0.25) is 4.58 Å². The summed E-state index contributed by atoms with van der Waals surface area (Å²) in [6.07, 6.45) is -0.163. The highest BCUT2D eigenvalue weighted by Gasteiger charge is 2.39. The first-order valence-corrected chi connectivity index (χ1v) is 14.1. The normalized spacial score (nSPS) is 23.4. The molecular formula is C20H29NO5S2Si. The largest absolute Gasteiger partial charge is 0.383 e. The van der Waals surface area contributed by atoms with Crippen LogP contribution in [0.3, 0.4) is 0 Å². The van der Waals surface area contributed by atoms with Gasteiger partial charge in [0.25, 0.3) is 0 Å². The predicted molar refractivity (Wildman–Crippen MR) is 119 cm³/mol. The first-order chi connectivity index (χ1) is 13.6. The molecule has 2 aromatic rings. The van der Waals surface area contributed by atoms with Crippen LogP contribution in [0.2, 0.25) is 18.1 Å².